The van der Waals surface area contributed by atoms with E-state index in [2.05, 4.69) is 31.0 Å². The Labute approximate surface area is 211 Å². The molecule has 0 radical (unpaired) electrons. The molecule has 3 unspecified atom stereocenters. The van der Waals surface area contributed by atoms with E-state index in [1.165, 1.54) is 5.56 Å². The lowest BCUT2D eigenvalue weighted by Gasteiger charge is -2.21. The molecular formula is C26H36ClNO3S2. The van der Waals surface area contributed by atoms with Gasteiger partial charge in [0.15, 0.2) is 5.78 Å². The largest absolute Gasteiger partial charge is 0.388 e. The van der Waals surface area contributed by atoms with Gasteiger partial charge in [0.25, 0.3) is 0 Å². The molecule has 1 aliphatic carbocycles. The molecule has 4 nitrogen and oxygen atoms in total. The van der Waals surface area contributed by atoms with Crippen LogP contribution in [0, 0.1) is 11.8 Å². The number of ether oxygens (including phenoxy) is 1. The second-order valence-electron chi connectivity index (χ2n) is 8.78. The Kier molecular flexibility index (Phi) is 11.2. The average Bonchev–Trinajstić information content (AvgIpc) is 3.41. The highest BCUT2D eigenvalue weighted by molar-refractivity contribution is 8.00. The van der Waals surface area contributed by atoms with E-state index in [4.69, 9.17) is 16.3 Å². The molecule has 1 saturated carbocycles. The van der Waals surface area contributed by atoms with E-state index >= 15 is 0 Å². The number of thiazole rings is 1. The molecule has 0 aliphatic heterocycles. The lowest BCUT2D eigenvalue weighted by Crippen LogP contribution is -2.28. The van der Waals surface area contributed by atoms with Gasteiger partial charge in [-0.3, -0.25) is 4.79 Å². The molecule has 1 heterocycles. The van der Waals surface area contributed by atoms with Gasteiger partial charge in [-0.2, -0.15) is 0 Å². The number of hydrogen-bond acceptors (Lipinski definition) is 6. The van der Waals surface area contributed by atoms with Gasteiger partial charge < -0.3 is 9.84 Å². The fourth-order valence-electron chi connectivity index (χ4n) is 4.51. The molecule has 7 heteroatoms. The van der Waals surface area contributed by atoms with Crippen LogP contribution in [0.25, 0.3) is 0 Å². The highest BCUT2D eigenvalue weighted by Crippen LogP contribution is 2.41. The predicted octanol–water partition coefficient (Wildman–Crippen LogP) is 6.70. The summed E-state index contributed by atoms with van der Waals surface area (Å²) in [6.45, 7) is 4.78. The van der Waals surface area contributed by atoms with Crippen molar-refractivity contribution in [3.63, 3.8) is 0 Å². The number of alkyl halides is 1. The number of aliphatic hydroxyl groups is 1. The molecule has 0 amide bonds. The summed E-state index contributed by atoms with van der Waals surface area (Å²) in [6.07, 6.45) is 7.15. The molecule has 1 N–H and O–H groups in total. The van der Waals surface area contributed by atoms with Crippen molar-refractivity contribution < 1.29 is 14.6 Å². The summed E-state index contributed by atoms with van der Waals surface area (Å²) < 4.78 is 7.01. The van der Waals surface area contributed by atoms with E-state index in [1.807, 2.05) is 23.7 Å². The third-order valence-electron chi connectivity index (χ3n) is 6.41. The van der Waals surface area contributed by atoms with Crippen LogP contribution in [0.2, 0.25) is 0 Å². The molecule has 1 fully saturated rings. The molecule has 3 rings (SSSR count). The zero-order chi connectivity index (χ0) is 23.6. The van der Waals surface area contributed by atoms with Gasteiger partial charge in [0.1, 0.15) is 10.4 Å². The van der Waals surface area contributed by atoms with Gasteiger partial charge >= 0.3 is 0 Å². The lowest BCUT2D eigenvalue weighted by atomic mass is 9.87. The van der Waals surface area contributed by atoms with Crippen molar-refractivity contribution in [2.75, 3.05) is 12.4 Å². The molecule has 5 atom stereocenters. The highest BCUT2D eigenvalue weighted by Gasteiger charge is 2.49. The minimum atomic E-state index is -0.496. The van der Waals surface area contributed by atoms with E-state index in [1.54, 1.807) is 23.1 Å². The Balaban J connectivity index is 1.62. The van der Waals surface area contributed by atoms with E-state index in [9.17, 15) is 9.90 Å². The first-order valence-corrected chi connectivity index (χ1v) is 14.4. The SMILES string of the molecule is CCCCOC1C(=O)[C@H](CCSc2nccs2)[C@@H](CCc2ccc(C(O)CCC)cc2)C1Cl. The quantitative estimate of drug-likeness (QED) is 0.174. The Bertz CT molecular complexity index is 831. The van der Waals surface area contributed by atoms with Gasteiger partial charge in [0, 0.05) is 29.9 Å². The van der Waals surface area contributed by atoms with E-state index < -0.39 is 12.2 Å². The monoisotopic (exact) mass is 509 g/mol. The smallest absolute Gasteiger partial charge is 0.166 e. The van der Waals surface area contributed by atoms with Crippen molar-refractivity contribution >= 4 is 40.5 Å². The number of carbonyl (C=O) groups is 1. The summed E-state index contributed by atoms with van der Waals surface area (Å²) in [6, 6.07) is 8.23. The third kappa shape index (κ3) is 7.53. The van der Waals surface area contributed by atoms with E-state index in [0.29, 0.717) is 6.61 Å². The summed E-state index contributed by atoms with van der Waals surface area (Å²) in [5.41, 5.74) is 2.18. The van der Waals surface area contributed by atoms with Crippen LogP contribution >= 0.6 is 34.7 Å². The van der Waals surface area contributed by atoms with Crippen molar-refractivity contribution in [3.05, 3.63) is 47.0 Å². The van der Waals surface area contributed by atoms with Crippen LogP contribution in [-0.2, 0) is 16.0 Å². The van der Waals surface area contributed by atoms with Crippen LogP contribution in [0.3, 0.4) is 0 Å². The Morgan fingerprint density at radius 1 is 1.21 bits per heavy atom. The lowest BCUT2D eigenvalue weighted by molar-refractivity contribution is -0.130. The van der Waals surface area contributed by atoms with Gasteiger partial charge in [0.2, 0.25) is 0 Å². The predicted molar refractivity (Wildman–Crippen MR) is 138 cm³/mol. The molecule has 1 aromatic carbocycles. The fourth-order valence-corrected chi connectivity index (χ4v) is 6.73. The van der Waals surface area contributed by atoms with Gasteiger partial charge in [-0.15, -0.1) is 22.9 Å². The number of aryl methyl sites for hydroxylation is 1. The summed E-state index contributed by atoms with van der Waals surface area (Å²) >= 11 is 10.2. The van der Waals surface area contributed by atoms with Gasteiger partial charge in [-0.25, -0.2) is 4.98 Å². The maximum absolute atomic E-state index is 13.2. The molecule has 0 bridgehead atoms. The number of ketones is 1. The summed E-state index contributed by atoms with van der Waals surface area (Å²) in [5, 5.41) is 11.9. The number of rotatable bonds is 14. The number of carbonyl (C=O) groups excluding carboxylic acids is 1. The molecule has 1 aliphatic rings. The number of aromatic nitrogens is 1. The van der Waals surface area contributed by atoms with E-state index in [0.717, 1.165) is 60.6 Å². The van der Waals surface area contributed by atoms with Crippen LogP contribution in [0.5, 0.6) is 0 Å². The van der Waals surface area contributed by atoms with Crippen molar-refractivity contribution in [2.24, 2.45) is 11.8 Å². The maximum atomic E-state index is 13.2. The molecule has 1 aromatic heterocycles. The second-order valence-corrected chi connectivity index (χ2v) is 11.5. The number of Topliss-reactive ketones (excluding diaryl/α,β-unsaturated/α-hetero) is 1. The van der Waals surface area contributed by atoms with Crippen LogP contribution in [0.4, 0.5) is 0 Å². The Morgan fingerprint density at radius 2 is 2.00 bits per heavy atom. The summed E-state index contributed by atoms with van der Waals surface area (Å²) in [7, 11) is 0. The van der Waals surface area contributed by atoms with Gasteiger partial charge in [-0.1, -0.05) is 62.7 Å². The average molecular weight is 510 g/mol. The van der Waals surface area contributed by atoms with Crippen LogP contribution in [0.1, 0.15) is 69.6 Å². The number of thioether (sulfide) groups is 1. The molecule has 182 valence electrons. The first-order valence-electron chi connectivity index (χ1n) is 12.1. The summed E-state index contributed by atoms with van der Waals surface area (Å²) in [4.78, 5) is 17.6. The van der Waals surface area contributed by atoms with Gasteiger partial charge in [-0.05, 0) is 49.1 Å². The highest BCUT2D eigenvalue weighted by atomic mass is 35.5. The number of benzene rings is 1. The number of halogens is 1. The number of hydrogen-bond donors (Lipinski definition) is 1. The molecule has 0 saturated heterocycles. The van der Waals surface area contributed by atoms with Crippen molar-refractivity contribution in [1.29, 1.82) is 0 Å². The van der Waals surface area contributed by atoms with Gasteiger partial charge in [0.05, 0.1) is 11.5 Å². The molecule has 33 heavy (non-hydrogen) atoms. The zero-order valence-corrected chi connectivity index (χ0v) is 22.0. The number of unbranched alkanes of at least 4 members (excludes halogenated alkanes) is 1. The minimum Gasteiger partial charge on any atom is -0.388 e. The third-order valence-corrected chi connectivity index (χ3v) is 8.97. The molecule has 2 aromatic rings. The Hall–Kier alpha value is -0.920. The number of nitrogens with zero attached hydrogens (tertiary/aromatic N) is 1. The second kappa shape index (κ2) is 13.8. The standard InChI is InChI=1S/C26H36ClNO3S2/c1-3-5-15-31-25-23(27)20(21(24(25)30)13-16-32-26-28-14-17-33-26)12-9-18-7-10-19(11-8-18)22(29)6-4-2/h7-8,10-11,14,17,20-23,25,29H,3-6,9,12-13,15-16H2,1-2H3/t20-,21-,22?,23?,25?/m1/s1. The van der Waals surface area contributed by atoms with Crippen LogP contribution in [0.15, 0.2) is 40.2 Å². The van der Waals surface area contributed by atoms with Crippen LogP contribution in [-0.4, -0.2) is 39.7 Å². The minimum absolute atomic E-state index is 0.0720. The van der Waals surface area contributed by atoms with Crippen molar-refractivity contribution in [2.45, 2.75) is 80.7 Å². The maximum Gasteiger partial charge on any atom is 0.166 e. The van der Waals surface area contributed by atoms with E-state index in [-0.39, 0.29) is 23.0 Å². The van der Waals surface area contributed by atoms with Crippen LogP contribution < -0.4 is 0 Å². The topological polar surface area (TPSA) is 59.4 Å². The molecular weight excluding hydrogens is 474 g/mol. The zero-order valence-electron chi connectivity index (χ0n) is 19.6. The molecule has 0 spiro atoms. The first kappa shape index (κ1) is 26.7. The first-order chi connectivity index (χ1) is 16.0. The normalized spacial score (nSPS) is 23.8. The van der Waals surface area contributed by atoms with Crippen molar-refractivity contribution in [3.8, 4) is 0 Å². The summed E-state index contributed by atoms with van der Waals surface area (Å²) in [5.74, 6) is 1.06. The Morgan fingerprint density at radius 3 is 2.67 bits per heavy atom. The number of aliphatic hydroxyl groups excluding tert-OH is 1. The van der Waals surface area contributed by atoms with Crippen molar-refractivity contribution in [1.82, 2.24) is 4.98 Å². The fraction of sp³-hybridized carbons (Fsp3) is 0.615.